The summed E-state index contributed by atoms with van der Waals surface area (Å²) >= 11 is 0. The summed E-state index contributed by atoms with van der Waals surface area (Å²) in [5, 5.41) is 3.26. The minimum atomic E-state index is 0.826. The van der Waals surface area contributed by atoms with Crippen LogP contribution in [0.1, 0.15) is 43.6 Å². The van der Waals surface area contributed by atoms with Crippen molar-refractivity contribution in [1.82, 2.24) is 5.32 Å². The molecule has 1 aliphatic rings. The van der Waals surface area contributed by atoms with Gasteiger partial charge in [0.25, 0.3) is 0 Å². The van der Waals surface area contributed by atoms with Gasteiger partial charge in [-0.25, -0.2) is 0 Å². The third kappa shape index (κ3) is 3.08. The second-order valence-electron chi connectivity index (χ2n) is 5.02. The standard InChI is InChI=1S/C15H23N/c1-16-12-11-13-7-9-15(10-8-13)14-5-3-2-4-6-14/h2-6,13,15-16H,7-12H2,1H3. The molecular formula is C15H23N. The Morgan fingerprint density at radius 2 is 1.75 bits per heavy atom. The van der Waals surface area contributed by atoms with Gasteiger partial charge in [0, 0.05) is 0 Å². The molecule has 1 N–H and O–H groups in total. The predicted octanol–water partition coefficient (Wildman–Crippen LogP) is 3.57. The smallest absolute Gasteiger partial charge is 0.00493 e. The van der Waals surface area contributed by atoms with Crippen LogP contribution in [-0.2, 0) is 0 Å². The highest BCUT2D eigenvalue weighted by Crippen LogP contribution is 2.36. The van der Waals surface area contributed by atoms with Gasteiger partial charge in [0.05, 0.1) is 0 Å². The predicted molar refractivity (Wildman–Crippen MR) is 69.7 cm³/mol. The van der Waals surface area contributed by atoms with Gasteiger partial charge >= 0.3 is 0 Å². The minimum absolute atomic E-state index is 0.826. The topological polar surface area (TPSA) is 12.0 Å². The van der Waals surface area contributed by atoms with E-state index >= 15 is 0 Å². The molecule has 0 atom stereocenters. The van der Waals surface area contributed by atoms with Crippen LogP contribution in [0.3, 0.4) is 0 Å². The van der Waals surface area contributed by atoms with Crippen molar-refractivity contribution in [3.63, 3.8) is 0 Å². The van der Waals surface area contributed by atoms with Crippen LogP contribution in [0.25, 0.3) is 0 Å². The highest BCUT2D eigenvalue weighted by molar-refractivity contribution is 5.19. The maximum absolute atomic E-state index is 3.26. The first-order valence-electron chi connectivity index (χ1n) is 6.59. The van der Waals surface area contributed by atoms with E-state index < -0.39 is 0 Å². The summed E-state index contributed by atoms with van der Waals surface area (Å²) in [4.78, 5) is 0. The molecule has 16 heavy (non-hydrogen) atoms. The first kappa shape index (κ1) is 11.7. The van der Waals surface area contributed by atoms with E-state index in [-0.39, 0.29) is 0 Å². The van der Waals surface area contributed by atoms with Crippen molar-refractivity contribution in [3.8, 4) is 0 Å². The molecule has 1 aromatic carbocycles. The summed E-state index contributed by atoms with van der Waals surface area (Å²) < 4.78 is 0. The number of benzene rings is 1. The summed E-state index contributed by atoms with van der Waals surface area (Å²) in [5.41, 5.74) is 1.55. The minimum Gasteiger partial charge on any atom is -0.320 e. The Bertz CT molecular complexity index is 286. The lowest BCUT2D eigenvalue weighted by Gasteiger charge is -2.28. The van der Waals surface area contributed by atoms with Crippen molar-refractivity contribution < 1.29 is 0 Å². The fourth-order valence-electron chi connectivity index (χ4n) is 2.86. The van der Waals surface area contributed by atoms with E-state index in [2.05, 4.69) is 42.7 Å². The molecular weight excluding hydrogens is 194 g/mol. The molecule has 1 aliphatic carbocycles. The average Bonchev–Trinajstić information content (AvgIpc) is 2.38. The van der Waals surface area contributed by atoms with E-state index in [1.807, 2.05) is 0 Å². The zero-order valence-corrected chi connectivity index (χ0v) is 10.3. The summed E-state index contributed by atoms with van der Waals surface area (Å²) in [7, 11) is 2.05. The maximum atomic E-state index is 3.26. The van der Waals surface area contributed by atoms with Gasteiger partial charge in [-0.2, -0.15) is 0 Å². The van der Waals surface area contributed by atoms with E-state index in [0.29, 0.717) is 0 Å². The van der Waals surface area contributed by atoms with Crippen molar-refractivity contribution in [2.24, 2.45) is 5.92 Å². The van der Waals surface area contributed by atoms with Crippen molar-refractivity contribution in [1.29, 1.82) is 0 Å². The Hall–Kier alpha value is -0.820. The molecule has 0 aliphatic heterocycles. The van der Waals surface area contributed by atoms with Gasteiger partial charge in [0.2, 0.25) is 0 Å². The third-order valence-corrected chi connectivity index (χ3v) is 3.92. The lowest BCUT2D eigenvalue weighted by Crippen LogP contribution is -2.18. The third-order valence-electron chi connectivity index (χ3n) is 3.92. The SMILES string of the molecule is CNCCC1CCC(c2ccccc2)CC1. The van der Waals surface area contributed by atoms with Gasteiger partial charge in [-0.3, -0.25) is 0 Å². The molecule has 0 spiro atoms. The molecule has 0 amide bonds. The Balaban J connectivity index is 1.81. The van der Waals surface area contributed by atoms with Crippen molar-refractivity contribution in [3.05, 3.63) is 35.9 Å². The zero-order chi connectivity index (χ0) is 11.2. The van der Waals surface area contributed by atoms with E-state index in [4.69, 9.17) is 0 Å². The van der Waals surface area contributed by atoms with E-state index in [9.17, 15) is 0 Å². The molecule has 0 bridgehead atoms. The second kappa shape index (κ2) is 6.05. The average molecular weight is 217 g/mol. The highest BCUT2D eigenvalue weighted by atomic mass is 14.8. The largest absolute Gasteiger partial charge is 0.320 e. The number of nitrogens with one attached hydrogen (secondary N) is 1. The Morgan fingerprint density at radius 1 is 1.06 bits per heavy atom. The van der Waals surface area contributed by atoms with Crippen LogP contribution in [0.5, 0.6) is 0 Å². The molecule has 88 valence electrons. The quantitative estimate of drug-likeness (QED) is 0.813. The first-order chi connectivity index (χ1) is 7.90. The van der Waals surface area contributed by atoms with Gasteiger partial charge in [-0.1, -0.05) is 30.3 Å². The normalized spacial score (nSPS) is 25.6. The Morgan fingerprint density at radius 3 is 2.38 bits per heavy atom. The van der Waals surface area contributed by atoms with Crippen molar-refractivity contribution in [2.45, 2.75) is 38.0 Å². The molecule has 0 aromatic heterocycles. The lowest BCUT2D eigenvalue weighted by atomic mass is 9.77. The van der Waals surface area contributed by atoms with E-state index in [0.717, 1.165) is 11.8 Å². The number of hydrogen-bond acceptors (Lipinski definition) is 1. The molecule has 0 saturated heterocycles. The molecule has 1 fully saturated rings. The number of rotatable bonds is 4. The zero-order valence-electron chi connectivity index (χ0n) is 10.3. The molecule has 0 radical (unpaired) electrons. The molecule has 1 saturated carbocycles. The summed E-state index contributed by atoms with van der Waals surface area (Å²) in [6, 6.07) is 11.0. The molecule has 2 rings (SSSR count). The second-order valence-corrected chi connectivity index (χ2v) is 5.02. The van der Waals surface area contributed by atoms with Gasteiger partial charge in [-0.15, -0.1) is 0 Å². The molecule has 1 heteroatoms. The Kier molecular flexibility index (Phi) is 4.41. The molecule has 1 nitrogen and oxygen atoms in total. The lowest BCUT2D eigenvalue weighted by molar-refractivity contribution is 0.309. The Labute approximate surface area is 99.3 Å². The summed E-state index contributed by atoms with van der Waals surface area (Å²) in [6.45, 7) is 1.18. The van der Waals surface area contributed by atoms with Crippen LogP contribution in [0, 0.1) is 5.92 Å². The van der Waals surface area contributed by atoms with E-state index in [1.165, 1.54) is 38.6 Å². The van der Waals surface area contributed by atoms with Crippen LogP contribution in [0.2, 0.25) is 0 Å². The van der Waals surface area contributed by atoms with Crippen LogP contribution in [0.4, 0.5) is 0 Å². The fraction of sp³-hybridized carbons (Fsp3) is 0.600. The van der Waals surface area contributed by atoms with Crippen molar-refractivity contribution >= 4 is 0 Å². The maximum Gasteiger partial charge on any atom is -0.00493 e. The van der Waals surface area contributed by atoms with Crippen LogP contribution >= 0.6 is 0 Å². The number of hydrogen-bond donors (Lipinski definition) is 1. The van der Waals surface area contributed by atoms with Crippen molar-refractivity contribution in [2.75, 3.05) is 13.6 Å². The molecule has 1 aromatic rings. The van der Waals surface area contributed by atoms with Gasteiger partial charge < -0.3 is 5.32 Å². The van der Waals surface area contributed by atoms with Gasteiger partial charge in [0.15, 0.2) is 0 Å². The van der Waals surface area contributed by atoms with E-state index in [1.54, 1.807) is 5.56 Å². The highest BCUT2D eigenvalue weighted by Gasteiger charge is 2.21. The van der Waals surface area contributed by atoms with Crippen LogP contribution in [0.15, 0.2) is 30.3 Å². The van der Waals surface area contributed by atoms with Gasteiger partial charge in [0.1, 0.15) is 0 Å². The summed E-state index contributed by atoms with van der Waals surface area (Å²) in [6.07, 6.45) is 6.97. The monoisotopic (exact) mass is 217 g/mol. The van der Waals surface area contributed by atoms with Crippen LogP contribution in [-0.4, -0.2) is 13.6 Å². The van der Waals surface area contributed by atoms with Crippen LogP contribution < -0.4 is 5.32 Å². The van der Waals surface area contributed by atoms with Gasteiger partial charge in [-0.05, 0) is 63.1 Å². The fourth-order valence-corrected chi connectivity index (χ4v) is 2.86. The molecule has 0 unspecified atom stereocenters. The first-order valence-corrected chi connectivity index (χ1v) is 6.59. The molecule has 0 heterocycles. The summed E-state index contributed by atoms with van der Waals surface area (Å²) in [5.74, 6) is 1.79.